The van der Waals surface area contributed by atoms with E-state index < -0.39 is 0 Å². The van der Waals surface area contributed by atoms with Crippen LogP contribution in [0.1, 0.15) is 12.5 Å². The monoisotopic (exact) mass is 366 g/mol. The molecule has 0 spiro atoms. The third kappa shape index (κ3) is 2.68. The van der Waals surface area contributed by atoms with Crippen LogP contribution in [0.5, 0.6) is 0 Å². The Morgan fingerprint density at radius 2 is 2.15 bits per heavy atom. The fraction of sp³-hybridized carbons (Fsp3) is 0.133. The molecular formula is C15H12BrClN2S. The molecular weight excluding hydrogens is 356 g/mol. The van der Waals surface area contributed by atoms with Crippen molar-refractivity contribution >= 4 is 59.9 Å². The zero-order valence-corrected chi connectivity index (χ0v) is 13.9. The average Bonchev–Trinajstić information content (AvgIpc) is 2.85. The first-order valence-electron chi connectivity index (χ1n) is 6.28. The molecule has 2 aromatic carbocycles. The second-order valence-corrected chi connectivity index (χ2v) is 6.71. The van der Waals surface area contributed by atoms with Crippen molar-refractivity contribution in [2.75, 3.05) is 5.32 Å². The van der Waals surface area contributed by atoms with E-state index in [4.69, 9.17) is 11.6 Å². The Kier molecular flexibility index (Phi) is 3.96. The molecule has 0 fully saturated rings. The molecule has 102 valence electrons. The van der Waals surface area contributed by atoms with E-state index in [-0.39, 0.29) is 0 Å². The van der Waals surface area contributed by atoms with Gasteiger partial charge in [0.25, 0.3) is 0 Å². The van der Waals surface area contributed by atoms with Gasteiger partial charge < -0.3 is 5.32 Å². The number of anilines is 2. The second-order valence-electron chi connectivity index (χ2n) is 4.39. The lowest BCUT2D eigenvalue weighted by atomic mass is 10.1. The molecule has 0 atom stereocenters. The largest absolute Gasteiger partial charge is 0.331 e. The molecule has 3 aromatic rings. The highest BCUT2D eigenvalue weighted by molar-refractivity contribution is 9.10. The van der Waals surface area contributed by atoms with E-state index >= 15 is 0 Å². The first kappa shape index (κ1) is 13.9. The number of thiazole rings is 1. The Hall–Kier alpha value is -1.10. The normalized spacial score (nSPS) is 10.9. The summed E-state index contributed by atoms with van der Waals surface area (Å²) in [6, 6.07) is 12.0. The van der Waals surface area contributed by atoms with Gasteiger partial charge in [-0.25, -0.2) is 4.98 Å². The quantitative estimate of drug-likeness (QED) is 0.612. The minimum Gasteiger partial charge on any atom is -0.331 e. The maximum atomic E-state index is 6.19. The van der Waals surface area contributed by atoms with Crippen LogP contribution in [-0.4, -0.2) is 4.98 Å². The molecule has 1 aromatic heterocycles. The molecule has 1 N–H and O–H groups in total. The second kappa shape index (κ2) is 5.72. The van der Waals surface area contributed by atoms with Crippen LogP contribution in [0.15, 0.2) is 40.9 Å². The third-order valence-corrected chi connectivity index (χ3v) is 5.00. The van der Waals surface area contributed by atoms with Crippen LogP contribution in [0.2, 0.25) is 5.02 Å². The number of aryl methyl sites for hydroxylation is 1. The van der Waals surface area contributed by atoms with Gasteiger partial charge in [0.1, 0.15) is 0 Å². The van der Waals surface area contributed by atoms with E-state index in [1.54, 1.807) is 11.3 Å². The van der Waals surface area contributed by atoms with Crippen molar-refractivity contribution in [3.63, 3.8) is 0 Å². The number of rotatable bonds is 3. The highest BCUT2D eigenvalue weighted by Gasteiger charge is 2.08. The molecule has 0 bridgehead atoms. The smallest absolute Gasteiger partial charge is 0.188 e. The van der Waals surface area contributed by atoms with Crippen LogP contribution in [0.4, 0.5) is 10.8 Å². The highest BCUT2D eigenvalue weighted by Crippen LogP contribution is 2.34. The minimum absolute atomic E-state index is 0.750. The van der Waals surface area contributed by atoms with Crippen LogP contribution >= 0.6 is 38.9 Å². The summed E-state index contributed by atoms with van der Waals surface area (Å²) >= 11 is 11.3. The molecule has 0 aliphatic carbocycles. The lowest BCUT2D eigenvalue weighted by molar-refractivity contribution is 1.14. The fourth-order valence-electron chi connectivity index (χ4n) is 2.06. The van der Waals surface area contributed by atoms with Crippen molar-refractivity contribution in [3.05, 3.63) is 51.5 Å². The van der Waals surface area contributed by atoms with Crippen molar-refractivity contribution in [2.24, 2.45) is 0 Å². The standard InChI is InChI=1S/C15H12BrClN2S/c1-2-9-8-10(16)6-7-12(9)18-15-19-13-5-3-4-11(17)14(13)20-15/h3-8H,2H2,1H3,(H,18,19). The number of nitrogens with zero attached hydrogens (tertiary/aromatic N) is 1. The number of nitrogens with one attached hydrogen (secondary N) is 1. The topological polar surface area (TPSA) is 24.9 Å². The number of hydrogen-bond donors (Lipinski definition) is 1. The Bertz CT molecular complexity index is 770. The molecule has 2 nitrogen and oxygen atoms in total. The van der Waals surface area contributed by atoms with Gasteiger partial charge in [0.05, 0.1) is 15.2 Å². The Balaban J connectivity index is 1.99. The van der Waals surface area contributed by atoms with E-state index in [2.05, 4.69) is 45.3 Å². The molecule has 20 heavy (non-hydrogen) atoms. The molecule has 1 heterocycles. The SMILES string of the molecule is CCc1cc(Br)ccc1Nc1nc2cccc(Cl)c2s1. The van der Waals surface area contributed by atoms with Gasteiger partial charge in [-0.05, 0) is 42.3 Å². The van der Waals surface area contributed by atoms with E-state index in [1.165, 1.54) is 5.56 Å². The predicted molar refractivity (Wildman–Crippen MR) is 91.4 cm³/mol. The zero-order chi connectivity index (χ0) is 14.1. The van der Waals surface area contributed by atoms with Crippen LogP contribution in [0, 0.1) is 0 Å². The lowest BCUT2D eigenvalue weighted by Gasteiger charge is -2.08. The number of benzene rings is 2. The van der Waals surface area contributed by atoms with Gasteiger partial charge in [0.15, 0.2) is 5.13 Å². The van der Waals surface area contributed by atoms with Gasteiger partial charge in [-0.15, -0.1) is 0 Å². The van der Waals surface area contributed by atoms with Crippen molar-refractivity contribution in [1.82, 2.24) is 4.98 Å². The van der Waals surface area contributed by atoms with Gasteiger partial charge >= 0.3 is 0 Å². The Morgan fingerprint density at radius 3 is 2.90 bits per heavy atom. The van der Waals surface area contributed by atoms with Crippen LogP contribution in [-0.2, 0) is 6.42 Å². The molecule has 3 rings (SSSR count). The van der Waals surface area contributed by atoms with Gasteiger partial charge in [-0.3, -0.25) is 0 Å². The first-order chi connectivity index (χ1) is 9.67. The van der Waals surface area contributed by atoms with Crippen LogP contribution < -0.4 is 5.32 Å². The number of hydrogen-bond acceptors (Lipinski definition) is 3. The van der Waals surface area contributed by atoms with Crippen molar-refractivity contribution in [1.29, 1.82) is 0 Å². The Morgan fingerprint density at radius 1 is 1.30 bits per heavy atom. The Labute approximate surface area is 134 Å². The summed E-state index contributed by atoms with van der Waals surface area (Å²) in [6.07, 6.45) is 0.966. The molecule has 0 saturated carbocycles. The third-order valence-electron chi connectivity index (χ3n) is 3.06. The predicted octanol–water partition coefficient (Wildman–Crippen LogP) is 6.02. The summed E-state index contributed by atoms with van der Waals surface area (Å²) in [7, 11) is 0. The van der Waals surface area contributed by atoms with Crippen molar-refractivity contribution < 1.29 is 0 Å². The maximum absolute atomic E-state index is 6.19. The molecule has 0 amide bonds. The van der Waals surface area contributed by atoms with E-state index in [0.29, 0.717) is 0 Å². The highest BCUT2D eigenvalue weighted by atomic mass is 79.9. The summed E-state index contributed by atoms with van der Waals surface area (Å²) in [5.74, 6) is 0. The summed E-state index contributed by atoms with van der Waals surface area (Å²) < 4.78 is 2.11. The summed E-state index contributed by atoms with van der Waals surface area (Å²) in [5.41, 5.74) is 3.27. The molecule has 0 aliphatic heterocycles. The van der Waals surface area contributed by atoms with Gasteiger partial charge in [-0.1, -0.05) is 51.9 Å². The molecule has 0 unspecified atom stereocenters. The van der Waals surface area contributed by atoms with E-state index in [0.717, 1.165) is 37.0 Å². The van der Waals surface area contributed by atoms with Crippen LogP contribution in [0.3, 0.4) is 0 Å². The molecule has 5 heteroatoms. The van der Waals surface area contributed by atoms with Crippen molar-refractivity contribution in [2.45, 2.75) is 13.3 Å². The zero-order valence-electron chi connectivity index (χ0n) is 10.8. The molecule has 0 radical (unpaired) electrons. The van der Waals surface area contributed by atoms with Crippen molar-refractivity contribution in [3.8, 4) is 0 Å². The van der Waals surface area contributed by atoms with Gasteiger partial charge in [0.2, 0.25) is 0 Å². The van der Waals surface area contributed by atoms with Gasteiger partial charge in [0, 0.05) is 10.2 Å². The summed E-state index contributed by atoms with van der Waals surface area (Å²) in [6.45, 7) is 2.14. The van der Waals surface area contributed by atoms with E-state index in [1.807, 2.05) is 24.3 Å². The first-order valence-corrected chi connectivity index (χ1v) is 8.26. The summed E-state index contributed by atoms with van der Waals surface area (Å²) in [4.78, 5) is 4.58. The fourth-order valence-corrected chi connectivity index (χ4v) is 3.64. The molecule has 0 aliphatic rings. The number of halogens is 2. The van der Waals surface area contributed by atoms with Crippen LogP contribution in [0.25, 0.3) is 10.2 Å². The van der Waals surface area contributed by atoms with E-state index in [9.17, 15) is 0 Å². The van der Waals surface area contributed by atoms with Gasteiger partial charge in [-0.2, -0.15) is 0 Å². The maximum Gasteiger partial charge on any atom is 0.188 e. The average molecular weight is 368 g/mol. The molecule has 0 saturated heterocycles. The lowest BCUT2D eigenvalue weighted by Crippen LogP contribution is -1.94. The summed E-state index contributed by atoms with van der Waals surface area (Å²) in [5, 5.41) is 5.01. The number of fused-ring (bicyclic) bond motifs is 1. The minimum atomic E-state index is 0.750. The number of aromatic nitrogens is 1.